The Kier molecular flexibility index (Phi) is 5.72. The Balaban J connectivity index is 1.47. The lowest BCUT2D eigenvalue weighted by Gasteiger charge is -2.37. The first-order chi connectivity index (χ1) is 13.6. The van der Waals surface area contributed by atoms with Gasteiger partial charge in [0.2, 0.25) is 5.91 Å². The number of carbonyl (C=O) groups is 2. The maximum absolute atomic E-state index is 13.4. The zero-order valence-corrected chi connectivity index (χ0v) is 16.4. The molecular weight excluding hydrogens is 354 g/mol. The first kappa shape index (κ1) is 19.4. The molecule has 28 heavy (non-hydrogen) atoms. The van der Waals surface area contributed by atoms with Crippen LogP contribution in [-0.2, 0) is 20.7 Å². The third kappa shape index (κ3) is 3.82. The highest BCUT2D eigenvalue weighted by Crippen LogP contribution is 2.57. The Bertz CT molecular complexity index is 700. The number of carboxylic acid groups (broad SMARTS) is 1. The Hall–Kier alpha value is -1.88. The van der Waals surface area contributed by atoms with E-state index in [4.69, 9.17) is 4.74 Å². The lowest BCUT2D eigenvalue weighted by Crippen LogP contribution is -2.49. The van der Waals surface area contributed by atoms with E-state index in [1.165, 1.54) is 12.0 Å². The van der Waals surface area contributed by atoms with E-state index >= 15 is 0 Å². The van der Waals surface area contributed by atoms with Crippen LogP contribution in [0.5, 0.6) is 0 Å². The molecule has 2 bridgehead atoms. The van der Waals surface area contributed by atoms with Gasteiger partial charge < -0.3 is 15.2 Å². The minimum absolute atomic E-state index is 0.0712. The van der Waals surface area contributed by atoms with Crippen LogP contribution in [0.4, 0.5) is 0 Å². The van der Waals surface area contributed by atoms with Crippen molar-refractivity contribution in [3.05, 3.63) is 35.9 Å². The third-order valence-corrected chi connectivity index (χ3v) is 7.42. The summed E-state index contributed by atoms with van der Waals surface area (Å²) in [4.78, 5) is 25.3. The molecule has 1 saturated heterocycles. The summed E-state index contributed by atoms with van der Waals surface area (Å²) in [6, 6.07) is 10.3. The van der Waals surface area contributed by atoms with Crippen LogP contribution >= 0.6 is 0 Å². The highest BCUT2D eigenvalue weighted by Gasteiger charge is 2.55. The summed E-state index contributed by atoms with van der Waals surface area (Å²) in [5, 5.41) is 12.8. The van der Waals surface area contributed by atoms with Crippen LogP contribution in [-0.4, -0.2) is 36.7 Å². The van der Waals surface area contributed by atoms with Gasteiger partial charge in [-0.1, -0.05) is 36.8 Å². The van der Waals surface area contributed by atoms with E-state index in [1.54, 1.807) is 0 Å². The fourth-order valence-corrected chi connectivity index (χ4v) is 5.93. The minimum Gasteiger partial charge on any atom is -0.481 e. The molecule has 0 aromatic heterocycles. The van der Waals surface area contributed by atoms with Gasteiger partial charge in [0.1, 0.15) is 0 Å². The lowest BCUT2D eigenvalue weighted by molar-refractivity contribution is -0.145. The monoisotopic (exact) mass is 385 g/mol. The number of rotatable bonds is 7. The second-order valence-electron chi connectivity index (χ2n) is 9.00. The summed E-state index contributed by atoms with van der Waals surface area (Å²) < 4.78 is 5.37. The van der Waals surface area contributed by atoms with E-state index < -0.39 is 11.9 Å². The topological polar surface area (TPSA) is 75.6 Å². The molecule has 2 aliphatic carbocycles. The standard InChI is InChI=1S/C23H31NO4/c25-21(26)20(18-8-10-28-11-9-18)15-24-22(27)23(13-16-4-2-1-3-5-16)14-17-6-7-19(23)12-17/h1-5,17-20H,6-15H2,(H,24,27)(H,25,26). The van der Waals surface area contributed by atoms with Crippen molar-refractivity contribution in [1.82, 2.24) is 5.32 Å². The van der Waals surface area contributed by atoms with Gasteiger partial charge in [0, 0.05) is 19.8 Å². The first-order valence-electron chi connectivity index (χ1n) is 10.7. The zero-order valence-electron chi connectivity index (χ0n) is 16.4. The molecule has 2 saturated carbocycles. The van der Waals surface area contributed by atoms with Crippen molar-refractivity contribution < 1.29 is 19.4 Å². The minimum atomic E-state index is -0.808. The maximum Gasteiger partial charge on any atom is 0.308 e. The van der Waals surface area contributed by atoms with Gasteiger partial charge in [-0.15, -0.1) is 0 Å². The van der Waals surface area contributed by atoms with E-state index in [0.29, 0.717) is 25.0 Å². The molecule has 4 rings (SSSR count). The summed E-state index contributed by atoms with van der Waals surface area (Å²) in [7, 11) is 0. The summed E-state index contributed by atoms with van der Waals surface area (Å²) in [5.74, 6) is -0.120. The molecule has 5 nitrogen and oxygen atoms in total. The summed E-state index contributed by atoms with van der Waals surface area (Å²) >= 11 is 0. The van der Waals surface area contributed by atoms with Crippen molar-refractivity contribution in [3.8, 4) is 0 Å². The van der Waals surface area contributed by atoms with Gasteiger partial charge in [0.25, 0.3) is 0 Å². The smallest absolute Gasteiger partial charge is 0.308 e. The summed E-state index contributed by atoms with van der Waals surface area (Å²) in [6.45, 7) is 1.46. The fraction of sp³-hybridized carbons (Fsp3) is 0.652. The van der Waals surface area contributed by atoms with Crippen LogP contribution in [0.1, 0.15) is 44.1 Å². The highest BCUT2D eigenvalue weighted by atomic mass is 16.5. The molecule has 152 valence electrons. The third-order valence-electron chi connectivity index (χ3n) is 7.42. The molecule has 4 atom stereocenters. The molecule has 4 unspecified atom stereocenters. The molecule has 1 aliphatic heterocycles. The van der Waals surface area contributed by atoms with E-state index in [-0.39, 0.29) is 23.8 Å². The average Bonchev–Trinajstić information content (AvgIpc) is 3.31. The number of hydrogen-bond donors (Lipinski definition) is 2. The van der Waals surface area contributed by atoms with Crippen molar-refractivity contribution in [2.24, 2.45) is 29.1 Å². The Morgan fingerprint density at radius 3 is 2.50 bits per heavy atom. The van der Waals surface area contributed by atoms with Crippen molar-refractivity contribution in [3.63, 3.8) is 0 Å². The first-order valence-corrected chi connectivity index (χ1v) is 10.7. The lowest BCUT2D eigenvalue weighted by atomic mass is 9.68. The van der Waals surface area contributed by atoms with Crippen molar-refractivity contribution in [2.45, 2.75) is 44.9 Å². The van der Waals surface area contributed by atoms with Crippen LogP contribution in [0.2, 0.25) is 0 Å². The largest absolute Gasteiger partial charge is 0.481 e. The van der Waals surface area contributed by atoms with E-state index in [9.17, 15) is 14.7 Å². The van der Waals surface area contributed by atoms with Crippen molar-refractivity contribution in [2.75, 3.05) is 19.8 Å². The van der Waals surface area contributed by atoms with Crippen LogP contribution in [0.15, 0.2) is 30.3 Å². The van der Waals surface area contributed by atoms with Crippen LogP contribution in [0, 0.1) is 29.1 Å². The number of carbonyl (C=O) groups excluding carboxylic acids is 1. The van der Waals surface area contributed by atoms with Crippen molar-refractivity contribution >= 4 is 11.9 Å². The molecule has 1 aromatic rings. The highest BCUT2D eigenvalue weighted by molar-refractivity contribution is 5.84. The Morgan fingerprint density at radius 2 is 1.89 bits per heavy atom. The Labute approximate surface area is 166 Å². The zero-order chi connectivity index (χ0) is 19.6. The number of nitrogens with one attached hydrogen (secondary N) is 1. The predicted octanol–water partition coefficient (Wildman–Crippen LogP) is 3.28. The number of fused-ring (bicyclic) bond motifs is 2. The second-order valence-corrected chi connectivity index (χ2v) is 9.00. The molecule has 1 aromatic carbocycles. The molecule has 1 amide bonds. The number of amides is 1. The van der Waals surface area contributed by atoms with Gasteiger partial charge in [-0.25, -0.2) is 0 Å². The van der Waals surface area contributed by atoms with Gasteiger partial charge >= 0.3 is 5.97 Å². The van der Waals surface area contributed by atoms with Gasteiger partial charge in [-0.05, 0) is 61.8 Å². The molecular formula is C23H31NO4. The summed E-state index contributed by atoms with van der Waals surface area (Å²) in [5.41, 5.74) is 0.827. The van der Waals surface area contributed by atoms with E-state index in [0.717, 1.165) is 38.5 Å². The van der Waals surface area contributed by atoms with Crippen LogP contribution in [0.25, 0.3) is 0 Å². The SMILES string of the molecule is O=C(O)C(CNC(=O)C1(Cc2ccccc2)CC2CCC1C2)C1CCOCC1. The molecule has 3 fully saturated rings. The molecule has 5 heteroatoms. The average molecular weight is 386 g/mol. The van der Waals surface area contributed by atoms with Gasteiger partial charge in [0.15, 0.2) is 0 Å². The molecule has 1 heterocycles. The molecule has 3 aliphatic rings. The number of carboxylic acids is 1. The number of ether oxygens (including phenoxy) is 1. The van der Waals surface area contributed by atoms with Gasteiger partial charge in [0.05, 0.1) is 11.3 Å². The number of hydrogen-bond acceptors (Lipinski definition) is 3. The Morgan fingerprint density at radius 1 is 1.14 bits per heavy atom. The fourth-order valence-electron chi connectivity index (χ4n) is 5.93. The number of benzene rings is 1. The molecule has 0 spiro atoms. The molecule has 2 N–H and O–H groups in total. The van der Waals surface area contributed by atoms with Crippen LogP contribution in [0.3, 0.4) is 0 Å². The van der Waals surface area contributed by atoms with Crippen molar-refractivity contribution in [1.29, 1.82) is 0 Å². The maximum atomic E-state index is 13.4. The van der Waals surface area contributed by atoms with Gasteiger partial charge in [-0.2, -0.15) is 0 Å². The van der Waals surface area contributed by atoms with E-state index in [2.05, 4.69) is 17.4 Å². The number of aliphatic carboxylic acids is 1. The second kappa shape index (κ2) is 8.24. The quantitative estimate of drug-likeness (QED) is 0.755. The van der Waals surface area contributed by atoms with Gasteiger partial charge in [-0.3, -0.25) is 9.59 Å². The summed E-state index contributed by atoms with van der Waals surface area (Å²) in [6.07, 6.45) is 6.70. The molecule has 0 radical (unpaired) electrons. The normalized spacial score (nSPS) is 30.9. The van der Waals surface area contributed by atoms with Crippen LogP contribution < -0.4 is 5.32 Å². The van der Waals surface area contributed by atoms with E-state index in [1.807, 2.05) is 18.2 Å². The predicted molar refractivity (Wildman–Crippen MR) is 106 cm³/mol.